The van der Waals surface area contributed by atoms with E-state index in [1.54, 1.807) is 0 Å². The van der Waals surface area contributed by atoms with Crippen molar-refractivity contribution in [2.24, 2.45) is 5.92 Å². The van der Waals surface area contributed by atoms with Gasteiger partial charge in [0, 0.05) is 16.6 Å². The third-order valence-electron chi connectivity index (χ3n) is 4.10. The maximum Gasteiger partial charge on any atom is 0.410 e. The summed E-state index contributed by atoms with van der Waals surface area (Å²) in [4.78, 5) is 26.3. The Balaban J connectivity index is 2.12. The van der Waals surface area contributed by atoms with Crippen LogP contribution in [0.3, 0.4) is 0 Å². The van der Waals surface area contributed by atoms with Crippen molar-refractivity contribution in [3.8, 4) is 0 Å². The largest absolute Gasteiger partial charge is 0.449 e. The van der Waals surface area contributed by atoms with Gasteiger partial charge in [-0.25, -0.2) is 4.79 Å². The van der Waals surface area contributed by atoms with Gasteiger partial charge in [-0.2, -0.15) is 0 Å². The molecule has 0 aromatic heterocycles. The van der Waals surface area contributed by atoms with Crippen LogP contribution in [-0.4, -0.2) is 47.3 Å². The molecule has 1 aliphatic rings. The monoisotopic (exact) mass is 412 g/mol. The number of β-amino-alcohol motifs (C(OH)–C–C–N with tert-alkyl or cyclic N) is 1. The molecule has 0 unspecified atom stereocenters. The van der Waals surface area contributed by atoms with Crippen LogP contribution in [0.2, 0.25) is 0 Å². The Morgan fingerprint density at radius 1 is 1.36 bits per heavy atom. The van der Waals surface area contributed by atoms with E-state index >= 15 is 0 Å². The number of likely N-dealkylation sites (tertiary alicyclic amines) is 1. The van der Waals surface area contributed by atoms with E-state index in [4.69, 9.17) is 4.74 Å². The first-order chi connectivity index (χ1) is 11.7. The highest BCUT2D eigenvalue weighted by Gasteiger charge is 2.40. The Morgan fingerprint density at radius 2 is 1.96 bits per heavy atom. The zero-order valence-electron chi connectivity index (χ0n) is 15.0. The van der Waals surface area contributed by atoms with Crippen molar-refractivity contribution in [2.75, 3.05) is 18.5 Å². The Hall–Kier alpha value is -1.60. The van der Waals surface area contributed by atoms with Gasteiger partial charge in [-0.15, -0.1) is 0 Å². The number of ether oxygens (including phenoxy) is 1. The van der Waals surface area contributed by atoms with Crippen LogP contribution in [-0.2, 0) is 9.53 Å². The molecule has 1 heterocycles. The maximum absolute atomic E-state index is 12.7. The lowest BCUT2D eigenvalue weighted by atomic mass is 10.1. The van der Waals surface area contributed by atoms with Crippen molar-refractivity contribution in [3.63, 3.8) is 0 Å². The molecule has 0 radical (unpaired) electrons. The van der Waals surface area contributed by atoms with Gasteiger partial charge in [0.1, 0.15) is 6.04 Å². The summed E-state index contributed by atoms with van der Waals surface area (Å²) in [7, 11) is 0. The molecule has 0 aliphatic carbocycles. The first kappa shape index (κ1) is 19.7. The molecule has 1 aromatic carbocycles. The minimum Gasteiger partial charge on any atom is -0.449 e. The number of aryl methyl sites for hydroxylation is 2. The van der Waals surface area contributed by atoms with Gasteiger partial charge < -0.3 is 15.2 Å². The van der Waals surface area contributed by atoms with Gasteiger partial charge in [0.25, 0.3) is 0 Å². The second kappa shape index (κ2) is 8.19. The van der Waals surface area contributed by atoms with Gasteiger partial charge in [0.05, 0.1) is 19.3 Å². The number of aliphatic hydroxyl groups is 1. The minimum absolute atomic E-state index is 0.104. The number of nitrogens with one attached hydrogen (secondary N) is 1. The lowest BCUT2D eigenvalue weighted by molar-refractivity contribution is -0.120. The molecule has 2 amide bonds. The highest BCUT2D eigenvalue weighted by atomic mass is 79.9. The van der Waals surface area contributed by atoms with Crippen LogP contribution in [0.15, 0.2) is 16.6 Å². The van der Waals surface area contributed by atoms with Crippen molar-refractivity contribution in [3.05, 3.63) is 27.7 Å². The molecule has 0 bridgehead atoms. The predicted molar refractivity (Wildman–Crippen MR) is 99.5 cm³/mol. The molecule has 2 N–H and O–H groups in total. The molecular weight excluding hydrogens is 388 g/mol. The number of carbonyl (C=O) groups excluding carboxylic acids is 2. The molecular formula is C18H25BrN2O4. The number of aliphatic hydroxyl groups excluding tert-OH is 1. The van der Waals surface area contributed by atoms with Crippen LogP contribution in [0.5, 0.6) is 0 Å². The summed E-state index contributed by atoms with van der Waals surface area (Å²) < 4.78 is 6.16. The average Bonchev–Trinajstić information content (AvgIpc) is 2.90. The fourth-order valence-electron chi connectivity index (χ4n) is 2.90. The molecule has 2 atom stereocenters. The molecule has 0 saturated carbocycles. The number of benzene rings is 1. The number of carbonyl (C=O) groups is 2. The first-order valence-corrected chi connectivity index (χ1v) is 9.17. The van der Waals surface area contributed by atoms with Crippen molar-refractivity contribution in [1.29, 1.82) is 0 Å². The molecule has 1 saturated heterocycles. The third-order valence-corrected chi connectivity index (χ3v) is 4.56. The van der Waals surface area contributed by atoms with Crippen molar-refractivity contribution in [1.82, 2.24) is 4.90 Å². The van der Waals surface area contributed by atoms with Crippen LogP contribution >= 0.6 is 15.9 Å². The molecule has 2 rings (SSSR count). The standard InChI is InChI=1S/C18H25BrN2O4/c1-10(2)9-25-18(24)21-8-14(22)7-15(21)17(23)20-16-11(3)5-13(19)6-12(16)4/h5-6,10,14-15,22H,7-9H2,1-4H3,(H,20,23)/t14-,15+/m1/s1. The van der Waals surface area contributed by atoms with Gasteiger partial charge >= 0.3 is 6.09 Å². The van der Waals surface area contributed by atoms with E-state index in [2.05, 4.69) is 21.2 Å². The Morgan fingerprint density at radius 3 is 2.52 bits per heavy atom. The fourth-order valence-corrected chi connectivity index (χ4v) is 3.59. The summed E-state index contributed by atoms with van der Waals surface area (Å²) in [5, 5.41) is 12.8. The molecule has 0 spiro atoms. The number of nitrogens with zero attached hydrogens (tertiary/aromatic N) is 1. The zero-order chi connectivity index (χ0) is 18.7. The summed E-state index contributed by atoms with van der Waals surface area (Å²) in [6.45, 7) is 8.08. The molecule has 1 aromatic rings. The van der Waals surface area contributed by atoms with Crippen molar-refractivity contribution < 1.29 is 19.4 Å². The van der Waals surface area contributed by atoms with Crippen LogP contribution in [0, 0.1) is 19.8 Å². The highest BCUT2D eigenvalue weighted by molar-refractivity contribution is 9.10. The van der Waals surface area contributed by atoms with E-state index in [-0.39, 0.29) is 31.4 Å². The van der Waals surface area contributed by atoms with E-state index in [1.165, 1.54) is 4.90 Å². The van der Waals surface area contributed by atoms with Crippen LogP contribution in [0.1, 0.15) is 31.4 Å². The molecule has 1 fully saturated rings. The van der Waals surface area contributed by atoms with Crippen LogP contribution in [0.4, 0.5) is 10.5 Å². The lowest BCUT2D eigenvalue weighted by Gasteiger charge is -2.24. The smallest absolute Gasteiger partial charge is 0.410 e. The number of hydrogen-bond donors (Lipinski definition) is 2. The second-order valence-electron chi connectivity index (χ2n) is 6.93. The summed E-state index contributed by atoms with van der Waals surface area (Å²) >= 11 is 3.43. The minimum atomic E-state index is -0.739. The molecule has 7 heteroatoms. The number of rotatable bonds is 4. The quantitative estimate of drug-likeness (QED) is 0.795. The topological polar surface area (TPSA) is 78.9 Å². The van der Waals surface area contributed by atoms with E-state index in [0.29, 0.717) is 0 Å². The van der Waals surface area contributed by atoms with Gasteiger partial charge in [-0.3, -0.25) is 9.69 Å². The second-order valence-corrected chi connectivity index (χ2v) is 7.85. The maximum atomic E-state index is 12.7. The fraction of sp³-hybridized carbons (Fsp3) is 0.556. The van der Waals surface area contributed by atoms with Crippen LogP contribution in [0.25, 0.3) is 0 Å². The van der Waals surface area contributed by atoms with E-state index in [1.807, 2.05) is 39.8 Å². The number of halogens is 1. The summed E-state index contributed by atoms with van der Waals surface area (Å²) in [5.41, 5.74) is 2.57. The van der Waals surface area contributed by atoms with Gasteiger partial charge in [-0.05, 0) is 43.0 Å². The normalized spacial score (nSPS) is 20.0. The van der Waals surface area contributed by atoms with Gasteiger partial charge in [-0.1, -0.05) is 29.8 Å². The van der Waals surface area contributed by atoms with Crippen molar-refractivity contribution >= 4 is 33.6 Å². The van der Waals surface area contributed by atoms with E-state index in [0.717, 1.165) is 21.3 Å². The predicted octanol–water partition coefficient (Wildman–Crippen LogP) is 3.23. The molecule has 25 heavy (non-hydrogen) atoms. The summed E-state index contributed by atoms with van der Waals surface area (Å²) in [6.07, 6.45) is -1.08. The van der Waals surface area contributed by atoms with Crippen molar-refractivity contribution in [2.45, 2.75) is 46.3 Å². The van der Waals surface area contributed by atoms with E-state index < -0.39 is 18.2 Å². The summed E-state index contributed by atoms with van der Waals surface area (Å²) in [5.74, 6) is -0.108. The molecule has 138 valence electrons. The Labute approximate surface area is 156 Å². The Bertz CT molecular complexity index is 639. The zero-order valence-corrected chi connectivity index (χ0v) is 16.6. The van der Waals surface area contributed by atoms with E-state index in [9.17, 15) is 14.7 Å². The Kier molecular flexibility index (Phi) is 6.46. The van der Waals surface area contributed by atoms with Gasteiger partial charge in [0.15, 0.2) is 0 Å². The third kappa shape index (κ3) is 4.95. The average molecular weight is 413 g/mol. The lowest BCUT2D eigenvalue weighted by Crippen LogP contribution is -2.44. The van der Waals surface area contributed by atoms with Gasteiger partial charge in [0.2, 0.25) is 5.91 Å². The number of amides is 2. The highest BCUT2D eigenvalue weighted by Crippen LogP contribution is 2.27. The number of hydrogen-bond acceptors (Lipinski definition) is 4. The first-order valence-electron chi connectivity index (χ1n) is 8.38. The number of anilines is 1. The molecule has 1 aliphatic heterocycles. The summed E-state index contributed by atoms with van der Waals surface area (Å²) in [6, 6.07) is 3.10. The molecule has 6 nitrogen and oxygen atoms in total. The SMILES string of the molecule is Cc1cc(Br)cc(C)c1NC(=O)[C@@H]1C[C@@H](O)CN1C(=O)OCC(C)C. The van der Waals surface area contributed by atoms with Crippen LogP contribution < -0.4 is 5.32 Å².